The number of carbonyl (C=O) groups excluding carboxylic acids is 2. The molecule has 6 nitrogen and oxygen atoms in total. The third-order valence-electron chi connectivity index (χ3n) is 5.76. The summed E-state index contributed by atoms with van der Waals surface area (Å²) < 4.78 is 5.33. The number of hydrogen-bond acceptors (Lipinski definition) is 3. The summed E-state index contributed by atoms with van der Waals surface area (Å²) in [5.74, 6) is 0.832. The van der Waals surface area contributed by atoms with Crippen molar-refractivity contribution in [2.75, 3.05) is 33.3 Å². The Labute approximate surface area is 161 Å². The summed E-state index contributed by atoms with van der Waals surface area (Å²) in [7, 11) is 1.64. The van der Waals surface area contributed by atoms with Crippen LogP contribution in [0.25, 0.3) is 0 Å². The molecule has 1 aliphatic heterocycles. The number of hydrogen-bond donors (Lipinski definition) is 1. The second-order valence-electron chi connectivity index (χ2n) is 7.70. The van der Waals surface area contributed by atoms with Gasteiger partial charge in [0.2, 0.25) is 0 Å². The minimum absolute atomic E-state index is 0.0190. The molecule has 3 rings (SSSR count). The molecule has 0 aromatic heterocycles. The predicted molar refractivity (Wildman–Crippen MR) is 105 cm³/mol. The van der Waals surface area contributed by atoms with Crippen molar-refractivity contribution in [3.05, 3.63) is 28.8 Å². The van der Waals surface area contributed by atoms with Crippen LogP contribution in [0.1, 0.15) is 53.6 Å². The van der Waals surface area contributed by atoms with Crippen LogP contribution in [0, 0.1) is 13.8 Å². The van der Waals surface area contributed by atoms with Gasteiger partial charge in [0, 0.05) is 37.8 Å². The third kappa shape index (κ3) is 4.54. The SMILES string of the molecule is COc1cc(C)c(C(=O)N2CCN(C(=O)NC3CCCCC3)CC2)cc1C. The predicted octanol–water partition coefficient (Wildman–Crippen LogP) is 3.11. The van der Waals surface area contributed by atoms with Gasteiger partial charge in [-0.2, -0.15) is 0 Å². The second kappa shape index (κ2) is 8.63. The lowest BCUT2D eigenvalue weighted by Gasteiger charge is -2.36. The minimum atomic E-state index is 0.0190. The monoisotopic (exact) mass is 373 g/mol. The summed E-state index contributed by atoms with van der Waals surface area (Å²) in [5.41, 5.74) is 2.59. The van der Waals surface area contributed by atoms with Gasteiger partial charge in [0.25, 0.3) is 5.91 Å². The van der Waals surface area contributed by atoms with E-state index in [0.717, 1.165) is 29.7 Å². The molecule has 2 fully saturated rings. The zero-order valence-corrected chi connectivity index (χ0v) is 16.7. The molecule has 0 unspecified atom stereocenters. The van der Waals surface area contributed by atoms with E-state index in [4.69, 9.17) is 4.74 Å². The standard InChI is InChI=1S/C21H31N3O3/c1-15-14-19(27-3)16(2)13-18(15)20(25)23-9-11-24(12-10-23)21(26)22-17-7-5-4-6-8-17/h13-14,17H,4-12H2,1-3H3,(H,22,26). The fourth-order valence-electron chi connectivity index (χ4n) is 4.04. The zero-order chi connectivity index (χ0) is 19.4. The van der Waals surface area contributed by atoms with E-state index in [9.17, 15) is 9.59 Å². The average molecular weight is 373 g/mol. The van der Waals surface area contributed by atoms with Crippen LogP contribution < -0.4 is 10.1 Å². The molecule has 0 spiro atoms. The van der Waals surface area contributed by atoms with Gasteiger partial charge >= 0.3 is 6.03 Å². The number of urea groups is 1. The van der Waals surface area contributed by atoms with E-state index in [0.29, 0.717) is 37.8 Å². The topological polar surface area (TPSA) is 61.9 Å². The highest BCUT2D eigenvalue weighted by Crippen LogP contribution is 2.24. The summed E-state index contributed by atoms with van der Waals surface area (Å²) in [6.45, 7) is 6.19. The fourth-order valence-corrected chi connectivity index (χ4v) is 4.04. The third-order valence-corrected chi connectivity index (χ3v) is 5.76. The molecule has 1 saturated heterocycles. The molecule has 27 heavy (non-hydrogen) atoms. The highest BCUT2D eigenvalue weighted by atomic mass is 16.5. The van der Waals surface area contributed by atoms with E-state index in [1.807, 2.05) is 35.8 Å². The van der Waals surface area contributed by atoms with Crippen molar-refractivity contribution in [3.63, 3.8) is 0 Å². The molecular formula is C21H31N3O3. The second-order valence-corrected chi connectivity index (χ2v) is 7.70. The zero-order valence-electron chi connectivity index (χ0n) is 16.7. The van der Waals surface area contributed by atoms with Crippen LogP contribution in [0.15, 0.2) is 12.1 Å². The van der Waals surface area contributed by atoms with Crippen molar-refractivity contribution in [1.82, 2.24) is 15.1 Å². The first-order chi connectivity index (χ1) is 13.0. The van der Waals surface area contributed by atoms with Crippen LogP contribution in [0.3, 0.4) is 0 Å². The molecule has 1 N–H and O–H groups in total. The molecule has 6 heteroatoms. The summed E-state index contributed by atoms with van der Waals surface area (Å²) in [6, 6.07) is 4.15. The molecule has 1 saturated carbocycles. The van der Waals surface area contributed by atoms with Gasteiger partial charge in [0.05, 0.1) is 7.11 Å². The molecule has 1 aromatic rings. The molecular weight excluding hydrogens is 342 g/mol. The maximum atomic E-state index is 12.9. The van der Waals surface area contributed by atoms with Gasteiger partial charge in [0.15, 0.2) is 0 Å². The normalized spacial score (nSPS) is 18.3. The number of nitrogens with one attached hydrogen (secondary N) is 1. The molecule has 0 bridgehead atoms. The molecule has 1 aromatic carbocycles. The number of rotatable bonds is 3. The van der Waals surface area contributed by atoms with Crippen molar-refractivity contribution >= 4 is 11.9 Å². The van der Waals surface area contributed by atoms with Crippen molar-refractivity contribution in [3.8, 4) is 5.75 Å². The van der Waals surface area contributed by atoms with E-state index in [1.165, 1.54) is 19.3 Å². The summed E-state index contributed by atoms with van der Waals surface area (Å²) >= 11 is 0. The highest BCUT2D eigenvalue weighted by Gasteiger charge is 2.27. The number of amides is 3. The maximum Gasteiger partial charge on any atom is 0.317 e. The van der Waals surface area contributed by atoms with Crippen molar-refractivity contribution in [1.29, 1.82) is 0 Å². The van der Waals surface area contributed by atoms with Gasteiger partial charge < -0.3 is 19.9 Å². The van der Waals surface area contributed by atoms with Crippen LogP contribution >= 0.6 is 0 Å². The van der Waals surface area contributed by atoms with Crippen LogP contribution in [0.5, 0.6) is 5.75 Å². The van der Waals surface area contributed by atoms with Crippen molar-refractivity contribution in [2.45, 2.75) is 52.0 Å². The molecule has 0 radical (unpaired) electrons. The van der Waals surface area contributed by atoms with Gasteiger partial charge in [-0.3, -0.25) is 4.79 Å². The van der Waals surface area contributed by atoms with Gasteiger partial charge in [-0.05, 0) is 49.9 Å². The molecule has 3 amide bonds. The fraction of sp³-hybridized carbons (Fsp3) is 0.619. The van der Waals surface area contributed by atoms with E-state index in [2.05, 4.69) is 5.32 Å². The Kier molecular flexibility index (Phi) is 6.24. The Morgan fingerprint density at radius 2 is 1.59 bits per heavy atom. The van der Waals surface area contributed by atoms with Crippen LogP contribution in [-0.2, 0) is 0 Å². The highest BCUT2D eigenvalue weighted by molar-refractivity contribution is 5.96. The molecule has 148 valence electrons. The van der Waals surface area contributed by atoms with Gasteiger partial charge in [0.1, 0.15) is 5.75 Å². The van der Waals surface area contributed by atoms with E-state index in [-0.39, 0.29) is 11.9 Å². The number of piperazine rings is 1. The maximum absolute atomic E-state index is 12.9. The number of benzene rings is 1. The number of aryl methyl sites for hydroxylation is 2. The van der Waals surface area contributed by atoms with Crippen LogP contribution in [0.2, 0.25) is 0 Å². The lowest BCUT2D eigenvalue weighted by atomic mass is 9.96. The summed E-state index contributed by atoms with van der Waals surface area (Å²) in [5, 5.41) is 3.16. The van der Waals surface area contributed by atoms with Crippen LogP contribution in [-0.4, -0.2) is 61.1 Å². The quantitative estimate of drug-likeness (QED) is 0.886. The first kappa shape index (κ1) is 19.5. The molecule has 0 atom stereocenters. The Balaban J connectivity index is 1.56. The first-order valence-electron chi connectivity index (χ1n) is 9.99. The van der Waals surface area contributed by atoms with E-state index in [1.54, 1.807) is 7.11 Å². The molecule has 2 aliphatic rings. The first-order valence-corrected chi connectivity index (χ1v) is 9.99. The lowest BCUT2D eigenvalue weighted by molar-refractivity contribution is 0.0661. The summed E-state index contributed by atoms with van der Waals surface area (Å²) in [4.78, 5) is 29.1. The number of nitrogens with zero attached hydrogens (tertiary/aromatic N) is 2. The van der Waals surface area contributed by atoms with Crippen molar-refractivity contribution < 1.29 is 14.3 Å². The smallest absolute Gasteiger partial charge is 0.317 e. The molecule has 1 heterocycles. The largest absolute Gasteiger partial charge is 0.496 e. The lowest BCUT2D eigenvalue weighted by Crippen LogP contribution is -2.54. The van der Waals surface area contributed by atoms with E-state index >= 15 is 0 Å². The summed E-state index contributed by atoms with van der Waals surface area (Å²) in [6.07, 6.45) is 5.85. The van der Waals surface area contributed by atoms with Gasteiger partial charge in [-0.1, -0.05) is 19.3 Å². The van der Waals surface area contributed by atoms with Gasteiger partial charge in [-0.25, -0.2) is 4.79 Å². The Bertz CT molecular complexity index is 690. The number of ether oxygens (including phenoxy) is 1. The molecule has 1 aliphatic carbocycles. The average Bonchev–Trinajstić information content (AvgIpc) is 2.69. The Hall–Kier alpha value is -2.24. The Morgan fingerprint density at radius 3 is 2.22 bits per heavy atom. The number of carbonyl (C=O) groups is 2. The minimum Gasteiger partial charge on any atom is -0.496 e. The Morgan fingerprint density at radius 1 is 0.963 bits per heavy atom. The van der Waals surface area contributed by atoms with Crippen molar-refractivity contribution in [2.24, 2.45) is 0 Å². The van der Waals surface area contributed by atoms with Crippen LogP contribution in [0.4, 0.5) is 4.79 Å². The van der Waals surface area contributed by atoms with Gasteiger partial charge in [-0.15, -0.1) is 0 Å². The number of methoxy groups -OCH3 is 1. The van der Waals surface area contributed by atoms with E-state index < -0.39 is 0 Å².